The molecule has 2 N–H and O–H groups in total. The molecule has 0 atom stereocenters. The van der Waals surface area contributed by atoms with Crippen molar-refractivity contribution in [2.24, 2.45) is 0 Å². The van der Waals surface area contributed by atoms with Crippen molar-refractivity contribution in [1.82, 2.24) is 15.2 Å². The van der Waals surface area contributed by atoms with Gasteiger partial charge in [-0.15, -0.1) is 0 Å². The van der Waals surface area contributed by atoms with Gasteiger partial charge >= 0.3 is 0 Å². The molecule has 25 heavy (non-hydrogen) atoms. The second kappa shape index (κ2) is 7.31. The summed E-state index contributed by atoms with van der Waals surface area (Å²) in [5.74, 6) is -0.853. The van der Waals surface area contributed by atoms with Crippen molar-refractivity contribution in [3.05, 3.63) is 69.6 Å². The number of nitrogens with zero attached hydrogens (tertiary/aromatic N) is 1. The molecule has 3 rings (SSSR count). The zero-order valence-electron chi connectivity index (χ0n) is 13.8. The highest BCUT2D eigenvalue weighted by atomic mass is 16.5. The maximum atomic E-state index is 12.6. The summed E-state index contributed by atoms with van der Waals surface area (Å²) in [6, 6.07) is 10.7. The highest BCUT2D eigenvalue weighted by molar-refractivity contribution is 5.99. The first-order valence-corrected chi connectivity index (χ1v) is 7.97. The molecule has 0 radical (unpaired) electrons. The van der Waals surface area contributed by atoms with Gasteiger partial charge in [-0.05, 0) is 11.6 Å². The Hall–Kier alpha value is -2.93. The monoisotopic (exact) mass is 341 g/mol. The number of amides is 2. The number of pyridine rings is 1. The largest absolute Gasteiger partial charge is 0.377 e. The predicted octanol–water partition coefficient (Wildman–Crippen LogP) is 0.385. The Morgan fingerprint density at radius 1 is 1.20 bits per heavy atom. The van der Waals surface area contributed by atoms with Crippen LogP contribution in [0.15, 0.2) is 47.4 Å². The number of carbonyl (C=O) groups is 2. The summed E-state index contributed by atoms with van der Waals surface area (Å²) in [6.07, 6.45) is 1.48. The molecule has 1 aromatic carbocycles. The van der Waals surface area contributed by atoms with Gasteiger partial charge in [0.25, 0.3) is 17.4 Å². The first-order chi connectivity index (χ1) is 12.1. The fraction of sp³-hybridized carbons (Fsp3) is 0.278. The summed E-state index contributed by atoms with van der Waals surface area (Å²) in [5, 5.41) is 5.25. The van der Waals surface area contributed by atoms with Gasteiger partial charge in [0, 0.05) is 13.2 Å². The van der Waals surface area contributed by atoms with Crippen molar-refractivity contribution in [2.75, 3.05) is 20.3 Å². The zero-order valence-corrected chi connectivity index (χ0v) is 13.8. The van der Waals surface area contributed by atoms with Gasteiger partial charge in [-0.2, -0.15) is 0 Å². The number of ether oxygens (including phenoxy) is 1. The Bertz CT molecular complexity index is 841. The second-order valence-electron chi connectivity index (χ2n) is 5.85. The molecule has 0 spiro atoms. The van der Waals surface area contributed by atoms with Crippen molar-refractivity contribution in [1.29, 1.82) is 0 Å². The maximum absolute atomic E-state index is 12.6. The fourth-order valence-corrected chi connectivity index (χ4v) is 2.54. The molecule has 1 fully saturated rings. The van der Waals surface area contributed by atoms with E-state index in [0.29, 0.717) is 13.2 Å². The Balaban J connectivity index is 1.97. The average molecular weight is 341 g/mol. The van der Waals surface area contributed by atoms with Crippen LogP contribution in [-0.4, -0.2) is 42.7 Å². The molecular weight excluding hydrogens is 322 g/mol. The third-order valence-corrected chi connectivity index (χ3v) is 3.99. The smallest absolute Gasteiger partial charge is 0.263 e. The fourth-order valence-electron chi connectivity index (χ4n) is 2.54. The molecule has 0 unspecified atom stereocenters. The van der Waals surface area contributed by atoms with Crippen LogP contribution in [0.2, 0.25) is 0 Å². The van der Waals surface area contributed by atoms with Crippen molar-refractivity contribution < 1.29 is 14.3 Å². The topological polar surface area (TPSA) is 89.4 Å². The number of benzene rings is 1. The normalized spacial score (nSPS) is 13.8. The van der Waals surface area contributed by atoms with Gasteiger partial charge in [-0.25, -0.2) is 0 Å². The molecule has 2 aromatic rings. The van der Waals surface area contributed by atoms with Crippen molar-refractivity contribution >= 4 is 11.8 Å². The van der Waals surface area contributed by atoms with E-state index < -0.39 is 11.5 Å². The summed E-state index contributed by atoms with van der Waals surface area (Å²) in [6.45, 7) is 1.22. The Morgan fingerprint density at radius 2 is 1.92 bits per heavy atom. The van der Waals surface area contributed by atoms with Gasteiger partial charge in [-0.3, -0.25) is 14.4 Å². The lowest BCUT2D eigenvalue weighted by Gasteiger charge is -2.26. The van der Waals surface area contributed by atoms with E-state index in [1.54, 1.807) is 0 Å². The second-order valence-corrected chi connectivity index (χ2v) is 5.85. The van der Waals surface area contributed by atoms with E-state index in [2.05, 4.69) is 10.6 Å². The summed E-state index contributed by atoms with van der Waals surface area (Å²) in [7, 11) is 1.45. The van der Waals surface area contributed by atoms with E-state index in [-0.39, 0.29) is 29.6 Å². The lowest BCUT2D eigenvalue weighted by Crippen LogP contribution is -2.48. The van der Waals surface area contributed by atoms with E-state index in [0.717, 1.165) is 5.56 Å². The van der Waals surface area contributed by atoms with E-state index in [4.69, 9.17) is 4.74 Å². The van der Waals surface area contributed by atoms with Crippen molar-refractivity contribution in [2.45, 2.75) is 12.6 Å². The summed E-state index contributed by atoms with van der Waals surface area (Å²) in [5.41, 5.74) is 0.668. The zero-order chi connectivity index (χ0) is 17.8. The molecule has 1 saturated heterocycles. The third-order valence-electron chi connectivity index (χ3n) is 3.99. The Morgan fingerprint density at radius 3 is 2.52 bits per heavy atom. The molecule has 1 aromatic heterocycles. The highest BCUT2D eigenvalue weighted by Crippen LogP contribution is 2.07. The molecular formula is C18H19N3O4. The lowest BCUT2D eigenvalue weighted by atomic mass is 10.1. The number of nitrogens with one attached hydrogen (secondary N) is 2. The minimum Gasteiger partial charge on any atom is -0.377 e. The molecule has 130 valence electrons. The molecule has 1 aliphatic heterocycles. The van der Waals surface area contributed by atoms with Gasteiger partial charge < -0.3 is 19.9 Å². The van der Waals surface area contributed by atoms with Crippen LogP contribution in [0, 0.1) is 0 Å². The molecule has 7 heteroatoms. The van der Waals surface area contributed by atoms with Crippen LogP contribution in [0.25, 0.3) is 0 Å². The minimum atomic E-state index is -0.520. The van der Waals surface area contributed by atoms with Gasteiger partial charge in [0.2, 0.25) is 0 Å². The van der Waals surface area contributed by atoms with Crippen LogP contribution in [0.3, 0.4) is 0 Å². The molecule has 1 aliphatic rings. The SMILES string of the molecule is CNC(=O)c1cc(C(=O)NC2COC2)cn(Cc2ccccc2)c1=O. The van der Waals surface area contributed by atoms with Gasteiger partial charge in [0.05, 0.1) is 31.4 Å². The van der Waals surface area contributed by atoms with Crippen LogP contribution in [0.4, 0.5) is 0 Å². The number of aromatic nitrogens is 1. The van der Waals surface area contributed by atoms with Gasteiger partial charge in [0.15, 0.2) is 0 Å². The van der Waals surface area contributed by atoms with Crippen molar-refractivity contribution in [3.63, 3.8) is 0 Å². The van der Waals surface area contributed by atoms with E-state index >= 15 is 0 Å². The molecule has 2 amide bonds. The van der Waals surface area contributed by atoms with E-state index in [9.17, 15) is 14.4 Å². The average Bonchev–Trinajstić information content (AvgIpc) is 2.60. The molecule has 2 heterocycles. The number of hydrogen-bond donors (Lipinski definition) is 2. The van der Waals surface area contributed by atoms with E-state index in [1.807, 2.05) is 30.3 Å². The number of carbonyl (C=O) groups excluding carboxylic acids is 2. The summed E-state index contributed by atoms with van der Waals surface area (Å²) in [4.78, 5) is 37.0. The standard InChI is InChI=1S/C18H19N3O4/c1-19-17(23)15-7-13(16(22)20-14-10-25-11-14)9-21(18(15)24)8-12-5-3-2-4-6-12/h2-7,9,14H,8,10-11H2,1H3,(H,19,23)(H,20,22). The molecule has 0 bridgehead atoms. The van der Waals surface area contributed by atoms with Crippen LogP contribution >= 0.6 is 0 Å². The molecule has 0 saturated carbocycles. The van der Waals surface area contributed by atoms with Crippen LogP contribution in [0.5, 0.6) is 0 Å². The van der Waals surface area contributed by atoms with Crippen LogP contribution in [0.1, 0.15) is 26.3 Å². The number of rotatable bonds is 5. The summed E-state index contributed by atoms with van der Waals surface area (Å²) < 4.78 is 6.42. The van der Waals surface area contributed by atoms with Crippen LogP contribution < -0.4 is 16.2 Å². The van der Waals surface area contributed by atoms with Crippen LogP contribution in [-0.2, 0) is 11.3 Å². The van der Waals surface area contributed by atoms with E-state index in [1.165, 1.54) is 23.9 Å². The molecule has 0 aliphatic carbocycles. The maximum Gasteiger partial charge on any atom is 0.263 e. The van der Waals surface area contributed by atoms with Crippen molar-refractivity contribution in [3.8, 4) is 0 Å². The van der Waals surface area contributed by atoms with Gasteiger partial charge in [-0.1, -0.05) is 30.3 Å². The first-order valence-electron chi connectivity index (χ1n) is 7.97. The predicted molar refractivity (Wildman–Crippen MR) is 91.7 cm³/mol. The Labute approximate surface area is 144 Å². The van der Waals surface area contributed by atoms with Gasteiger partial charge in [0.1, 0.15) is 5.56 Å². The minimum absolute atomic E-state index is 0.0366. The molecule has 7 nitrogen and oxygen atoms in total. The first kappa shape index (κ1) is 16.9. The lowest BCUT2D eigenvalue weighted by molar-refractivity contribution is -0.00347. The summed E-state index contributed by atoms with van der Waals surface area (Å²) >= 11 is 0. The Kier molecular flexibility index (Phi) is 4.95. The quantitative estimate of drug-likeness (QED) is 0.823. The third kappa shape index (κ3) is 3.77. The highest BCUT2D eigenvalue weighted by Gasteiger charge is 2.23. The number of hydrogen-bond acceptors (Lipinski definition) is 4.